The van der Waals surface area contributed by atoms with Gasteiger partial charge in [-0.2, -0.15) is 0 Å². The monoisotopic (exact) mass is 204 g/mol. The second-order valence-corrected chi connectivity index (χ2v) is 4.72. The Morgan fingerprint density at radius 2 is 2.38 bits per heavy atom. The van der Waals surface area contributed by atoms with Crippen molar-refractivity contribution in [2.45, 2.75) is 19.8 Å². The molecule has 1 atom stereocenters. The van der Waals surface area contributed by atoms with Crippen LogP contribution in [0.1, 0.15) is 19.8 Å². The molecule has 0 saturated carbocycles. The average molecular weight is 204 g/mol. The standard InChI is InChI=1S/C8H16N2O2S/c1-7-4-3-5-10(6-7)13-9(2)8(11)12/h7H,3-6H2,1-2H3,(H,11,12). The van der Waals surface area contributed by atoms with Gasteiger partial charge in [-0.1, -0.05) is 6.92 Å². The summed E-state index contributed by atoms with van der Waals surface area (Å²) >= 11 is 1.30. The molecule has 1 fully saturated rings. The van der Waals surface area contributed by atoms with Crippen LogP contribution in [0, 0.1) is 5.92 Å². The summed E-state index contributed by atoms with van der Waals surface area (Å²) in [7, 11) is 1.58. The number of carboxylic acid groups (broad SMARTS) is 1. The van der Waals surface area contributed by atoms with Gasteiger partial charge in [0.05, 0.1) is 0 Å². The number of rotatable bonds is 2. The summed E-state index contributed by atoms with van der Waals surface area (Å²) in [6.07, 6.45) is 1.54. The van der Waals surface area contributed by atoms with E-state index in [0.29, 0.717) is 5.92 Å². The van der Waals surface area contributed by atoms with Crippen molar-refractivity contribution in [1.29, 1.82) is 0 Å². The van der Waals surface area contributed by atoms with Gasteiger partial charge in [0.15, 0.2) is 0 Å². The second kappa shape index (κ2) is 4.72. The van der Waals surface area contributed by atoms with Crippen molar-refractivity contribution in [2.24, 2.45) is 5.92 Å². The lowest BCUT2D eigenvalue weighted by Gasteiger charge is -2.31. The zero-order valence-electron chi connectivity index (χ0n) is 8.06. The lowest BCUT2D eigenvalue weighted by molar-refractivity contribution is 0.179. The zero-order valence-corrected chi connectivity index (χ0v) is 8.88. The smallest absolute Gasteiger partial charge is 0.418 e. The minimum Gasteiger partial charge on any atom is -0.464 e. The van der Waals surface area contributed by atoms with E-state index in [-0.39, 0.29) is 0 Å². The Hall–Kier alpha value is -0.420. The van der Waals surface area contributed by atoms with Crippen LogP contribution in [0.15, 0.2) is 0 Å². The molecule has 0 aromatic heterocycles. The summed E-state index contributed by atoms with van der Waals surface area (Å²) in [6, 6.07) is 0. The maximum Gasteiger partial charge on any atom is 0.418 e. The molecule has 4 nitrogen and oxygen atoms in total. The lowest BCUT2D eigenvalue weighted by Crippen LogP contribution is -2.33. The molecule has 0 spiro atoms. The van der Waals surface area contributed by atoms with Gasteiger partial charge in [-0.25, -0.2) is 13.4 Å². The van der Waals surface area contributed by atoms with Crippen molar-refractivity contribution in [3.63, 3.8) is 0 Å². The van der Waals surface area contributed by atoms with E-state index in [4.69, 9.17) is 5.11 Å². The first-order valence-electron chi connectivity index (χ1n) is 4.49. The molecule has 1 unspecified atom stereocenters. The molecule has 1 N–H and O–H groups in total. The average Bonchev–Trinajstić information content (AvgIpc) is 2.04. The fourth-order valence-corrected chi connectivity index (χ4v) is 2.38. The number of amides is 1. The van der Waals surface area contributed by atoms with Gasteiger partial charge in [-0.3, -0.25) is 0 Å². The molecule has 76 valence electrons. The first-order chi connectivity index (χ1) is 6.09. The topological polar surface area (TPSA) is 43.8 Å². The zero-order chi connectivity index (χ0) is 9.84. The maximum atomic E-state index is 10.5. The largest absolute Gasteiger partial charge is 0.464 e. The van der Waals surface area contributed by atoms with Gasteiger partial charge in [-0.05, 0) is 18.8 Å². The van der Waals surface area contributed by atoms with Crippen LogP contribution in [0.3, 0.4) is 0 Å². The second-order valence-electron chi connectivity index (χ2n) is 3.50. The molecule has 1 aliphatic heterocycles. The molecule has 0 bridgehead atoms. The van der Waals surface area contributed by atoms with Gasteiger partial charge in [0.1, 0.15) is 0 Å². The molecule has 1 rings (SSSR count). The SMILES string of the molecule is CC1CCCN(SN(C)C(=O)O)C1. The van der Waals surface area contributed by atoms with Crippen LogP contribution in [-0.4, -0.2) is 39.9 Å². The highest BCUT2D eigenvalue weighted by Crippen LogP contribution is 2.23. The van der Waals surface area contributed by atoms with Gasteiger partial charge in [0.25, 0.3) is 0 Å². The Labute approximate surface area is 83.2 Å². The molecule has 1 saturated heterocycles. The first kappa shape index (κ1) is 10.7. The van der Waals surface area contributed by atoms with Gasteiger partial charge in [0.2, 0.25) is 0 Å². The molecule has 1 amide bonds. The van der Waals surface area contributed by atoms with Gasteiger partial charge >= 0.3 is 6.09 Å². The van der Waals surface area contributed by atoms with Crippen molar-refractivity contribution in [3.8, 4) is 0 Å². The highest BCUT2D eigenvalue weighted by Gasteiger charge is 2.19. The van der Waals surface area contributed by atoms with Crippen LogP contribution in [0.2, 0.25) is 0 Å². The van der Waals surface area contributed by atoms with E-state index in [0.717, 1.165) is 13.1 Å². The first-order valence-corrected chi connectivity index (χ1v) is 5.22. The van der Waals surface area contributed by atoms with Crippen molar-refractivity contribution in [3.05, 3.63) is 0 Å². The normalized spacial score (nSPS) is 24.3. The summed E-state index contributed by atoms with van der Waals surface area (Å²) in [5, 5.41) is 8.66. The predicted molar refractivity (Wildman–Crippen MR) is 53.3 cm³/mol. The van der Waals surface area contributed by atoms with Crippen LogP contribution < -0.4 is 0 Å². The van der Waals surface area contributed by atoms with Crippen LogP contribution in [0.25, 0.3) is 0 Å². The Morgan fingerprint density at radius 1 is 1.69 bits per heavy atom. The van der Waals surface area contributed by atoms with Crippen molar-refractivity contribution >= 4 is 18.2 Å². The van der Waals surface area contributed by atoms with Crippen molar-refractivity contribution in [2.75, 3.05) is 20.1 Å². The van der Waals surface area contributed by atoms with E-state index in [1.54, 1.807) is 7.05 Å². The summed E-state index contributed by atoms with van der Waals surface area (Å²) in [4.78, 5) is 10.5. The third-order valence-corrected chi connectivity index (χ3v) is 3.09. The highest BCUT2D eigenvalue weighted by atomic mass is 32.2. The van der Waals surface area contributed by atoms with Gasteiger partial charge in [-0.15, -0.1) is 0 Å². The number of piperidine rings is 1. The van der Waals surface area contributed by atoms with Crippen LogP contribution in [-0.2, 0) is 0 Å². The fourth-order valence-electron chi connectivity index (χ4n) is 1.43. The highest BCUT2D eigenvalue weighted by molar-refractivity contribution is 7.95. The van der Waals surface area contributed by atoms with Crippen LogP contribution in [0.4, 0.5) is 4.79 Å². The summed E-state index contributed by atoms with van der Waals surface area (Å²) in [6.45, 7) is 4.18. The molecular formula is C8H16N2O2S. The number of hydrogen-bond acceptors (Lipinski definition) is 3. The molecule has 0 aliphatic carbocycles. The quantitative estimate of drug-likeness (QED) is 0.698. The predicted octanol–water partition coefficient (Wildman–Crippen LogP) is 1.89. The number of hydrogen-bond donors (Lipinski definition) is 1. The molecule has 0 aromatic carbocycles. The summed E-state index contributed by atoms with van der Waals surface area (Å²) in [5.41, 5.74) is 0. The van der Waals surface area contributed by atoms with Gasteiger partial charge in [0, 0.05) is 32.3 Å². The Balaban J connectivity index is 2.31. The van der Waals surface area contributed by atoms with Gasteiger partial charge < -0.3 is 5.11 Å². The van der Waals surface area contributed by atoms with Crippen LogP contribution >= 0.6 is 12.1 Å². The minimum absolute atomic E-state index is 0.684. The minimum atomic E-state index is -0.886. The third-order valence-electron chi connectivity index (χ3n) is 2.13. The third kappa shape index (κ3) is 3.44. The molecule has 0 radical (unpaired) electrons. The lowest BCUT2D eigenvalue weighted by atomic mass is 10.0. The van der Waals surface area contributed by atoms with Crippen molar-refractivity contribution < 1.29 is 9.90 Å². The molecule has 13 heavy (non-hydrogen) atoms. The van der Waals surface area contributed by atoms with E-state index >= 15 is 0 Å². The van der Waals surface area contributed by atoms with E-state index in [2.05, 4.69) is 11.2 Å². The molecule has 1 aliphatic rings. The number of carbonyl (C=O) groups is 1. The Bertz CT molecular complexity index is 189. The molecule has 0 aromatic rings. The maximum absolute atomic E-state index is 10.5. The molecular weight excluding hydrogens is 188 g/mol. The van der Waals surface area contributed by atoms with E-state index < -0.39 is 6.09 Å². The van der Waals surface area contributed by atoms with Crippen LogP contribution in [0.5, 0.6) is 0 Å². The Kier molecular flexibility index (Phi) is 3.87. The van der Waals surface area contributed by atoms with E-state index in [1.807, 2.05) is 0 Å². The molecule has 5 heteroatoms. The summed E-state index contributed by atoms with van der Waals surface area (Å²) in [5.74, 6) is 0.684. The van der Waals surface area contributed by atoms with E-state index in [9.17, 15) is 4.79 Å². The fraction of sp³-hybridized carbons (Fsp3) is 0.875. The van der Waals surface area contributed by atoms with Crippen molar-refractivity contribution in [1.82, 2.24) is 8.61 Å². The van der Waals surface area contributed by atoms with E-state index in [1.165, 1.54) is 29.3 Å². The molecule has 1 heterocycles. The summed E-state index contributed by atoms with van der Waals surface area (Å²) < 4.78 is 3.36. The Morgan fingerprint density at radius 3 is 2.92 bits per heavy atom. The number of nitrogens with zero attached hydrogens (tertiary/aromatic N) is 2.